The molecule has 0 saturated heterocycles. The van der Waals surface area contributed by atoms with Crippen LogP contribution in [0.5, 0.6) is 0 Å². The maximum Gasteiger partial charge on any atom is 0.243 e. The van der Waals surface area contributed by atoms with Crippen LogP contribution in [-0.2, 0) is 16.0 Å². The van der Waals surface area contributed by atoms with Gasteiger partial charge in [0.1, 0.15) is 6.04 Å². The molecule has 18 heavy (non-hydrogen) atoms. The first-order chi connectivity index (χ1) is 8.72. The van der Waals surface area contributed by atoms with Gasteiger partial charge in [-0.1, -0.05) is 18.2 Å². The molecule has 1 aliphatic heterocycles. The average molecular weight is 244 g/mol. The first kappa shape index (κ1) is 11.3. The Kier molecular flexibility index (Phi) is 2.58. The minimum atomic E-state index is -0.375. The molecule has 1 aliphatic carbocycles. The molecule has 1 heterocycles. The Bertz CT molecular complexity index is 508. The number of likely N-dealkylation sites (N-methyl/N-ethyl adjacent to an activating group) is 1. The van der Waals surface area contributed by atoms with Gasteiger partial charge in [0.25, 0.3) is 0 Å². The summed E-state index contributed by atoms with van der Waals surface area (Å²) in [6, 6.07) is 7.41. The third-order valence-electron chi connectivity index (χ3n) is 3.69. The molecule has 0 aromatic heterocycles. The van der Waals surface area contributed by atoms with E-state index in [4.69, 9.17) is 0 Å². The third-order valence-corrected chi connectivity index (χ3v) is 3.69. The van der Waals surface area contributed by atoms with Crippen LogP contribution in [0, 0.1) is 5.92 Å². The molecule has 1 aromatic carbocycles. The van der Waals surface area contributed by atoms with Crippen LogP contribution < -0.4 is 10.2 Å². The molecule has 94 valence electrons. The lowest BCUT2D eigenvalue weighted by atomic mass is 10.1. The quantitative estimate of drug-likeness (QED) is 0.847. The summed E-state index contributed by atoms with van der Waals surface area (Å²) in [7, 11) is 1.62. The average Bonchev–Trinajstić information content (AvgIpc) is 3.17. The summed E-state index contributed by atoms with van der Waals surface area (Å²) < 4.78 is 0. The van der Waals surface area contributed by atoms with E-state index in [-0.39, 0.29) is 23.8 Å². The zero-order valence-corrected chi connectivity index (χ0v) is 10.3. The van der Waals surface area contributed by atoms with E-state index in [0.29, 0.717) is 6.42 Å². The van der Waals surface area contributed by atoms with Crippen molar-refractivity contribution in [2.75, 3.05) is 11.9 Å². The molecule has 0 bridgehead atoms. The van der Waals surface area contributed by atoms with Crippen LogP contribution in [0.1, 0.15) is 18.4 Å². The van der Waals surface area contributed by atoms with E-state index in [0.717, 1.165) is 24.1 Å². The van der Waals surface area contributed by atoms with Crippen LogP contribution in [-0.4, -0.2) is 24.9 Å². The van der Waals surface area contributed by atoms with Crippen molar-refractivity contribution in [3.05, 3.63) is 29.8 Å². The van der Waals surface area contributed by atoms with E-state index in [9.17, 15) is 9.59 Å². The van der Waals surface area contributed by atoms with Gasteiger partial charge in [0.15, 0.2) is 0 Å². The first-order valence-electron chi connectivity index (χ1n) is 6.35. The van der Waals surface area contributed by atoms with Gasteiger partial charge in [0, 0.05) is 25.1 Å². The Balaban J connectivity index is 1.98. The molecule has 3 rings (SSSR count). The Hall–Kier alpha value is -1.84. The molecule has 4 nitrogen and oxygen atoms in total. The highest BCUT2D eigenvalue weighted by atomic mass is 16.2. The number of benzene rings is 1. The zero-order valence-electron chi connectivity index (χ0n) is 10.3. The Morgan fingerprint density at radius 3 is 2.67 bits per heavy atom. The molecular weight excluding hydrogens is 228 g/mol. The van der Waals surface area contributed by atoms with Crippen LogP contribution in [0.15, 0.2) is 24.3 Å². The maximum atomic E-state index is 12.3. The predicted octanol–water partition coefficient (Wildman–Crippen LogP) is 1.10. The molecule has 2 amide bonds. The van der Waals surface area contributed by atoms with Gasteiger partial charge in [-0.05, 0) is 24.5 Å². The van der Waals surface area contributed by atoms with Crippen molar-refractivity contribution in [2.45, 2.75) is 25.3 Å². The largest absolute Gasteiger partial charge is 0.357 e. The van der Waals surface area contributed by atoms with E-state index in [1.165, 1.54) is 0 Å². The summed E-state index contributed by atoms with van der Waals surface area (Å²) >= 11 is 0. The number of carbonyl (C=O) groups is 2. The van der Waals surface area contributed by atoms with Gasteiger partial charge in [-0.2, -0.15) is 0 Å². The normalized spacial score (nSPS) is 21.6. The van der Waals surface area contributed by atoms with Gasteiger partial charge in [-0.15, -0.1) is 0 Å². The van der Waals surface area contributed by atoms with Gasteiger partial charge in [0.05, 0.1) is 0 Å². The van der Waals surface area contributed by atoms with E-state index >= 15 is 0 Å². The molecule has 2 aliphatic rings. The second-order valence-electron chi connectivity index (χ2n) is 4.95. The number of nitrogens with zero attached hydrogens (tertiary/aromatic N) is 1. The summed E-state index contributed by atoms with van der Waals surface area (Å²) in [6.07, 6.45) is 2.53. The van der Waals surface area contributed by atoms with Crippen LogP contribution in [0.2, 0.25) is 0 Å². The van der Waals surface area contributed by atoms with Crippen LogP contribution in [0.4, 0.5) is 5.69 Å². The topological polar surface area (TPSA) is 49.4 Å². The monoisotopic (exact) mass is 244 g/mol. The molecule has 4 heteroatoms. The molecule has 0 unspecified atom stereocenters. The minimum absolute atomic E-state index is 0.0831. The van der Waals surface area contributed by atoms with Crippen molar-refractivity contribution in [1.29, 1.82) is 0 Å². The summed E-state index contributed by atoms with van der Waals surface area (Å²) in [4.78, 5) is 26.0. The van der Waals surface area contributed by atoms with Gasteiger partial charge in [-0.25, -0.2) is 0 Å². The van der Waals surface area contributed by atoms with Gasteiger partial charge < -0.3 is 5.32 Å². The molecular formula is C14H16N2O2. The van der Waals surface area contributed by atoms with Crippen molar-refractivity contribution in [2.24, 2.45) is 5.92 Å². The number of anilines is 1. The lowest BCUT2D eigenvalue weighted by Crippen LogP contribution is -2.47. The lowest BCUT2D eigenvalue weighted by Gasteiger charge is -2.24. The molecule has 1 saturated carbocycles. The Labute approximate surface area is 106 Å². The van der Waals surface area contributed by atoms with E-state index < -0.39 is 0 Å². The minimum Gasteiger partial charge on any atom is -0.357 e. The number of hydrogen-bond acceptors (Lipinski definition) is 2. The number of rotatable bonds is 2. The highest BCUT2D eigenvalue weighted by Gasteiger charge is 2.43. The highest BCUT2D eigenvalue weighted by Crippen LogP contribution is 2.38. The van der Waals surface area contributed by atoms with Crippen LogP contribution in [0.25, 0.3) is 0 Å². The van der Waals surface area contributed by atoms with Crippen molar-refractivity contribution >= 4 is 17.5 Å². The molecule has 1 fully saturated rings. The van der Waals surface area contributed by atoms with Crippen LogP contribution >= 0.6 is 0 Å². The number of amides is 2. The standard InChI is InChI=1S/C14H16N2O2/c1-15-13(17)12-8-10-4-2-3-5-11(10)16(12)14(18)9-6-7-9/h2-5,9,12H,6-8H2,1H3,(H,15,17)/t12-/m1/s1. The Morgan fingerprint density at radius 2 is 2.00 bits per heavy atom. The van der Waals surface area contributed by atoms with Gasteiger partial charge in [0.2, 0.25) is 11.8 Å². The summed E-state index contributed by atoms with van der Waals surface area (Å²) in [5, 5.41) is 2.65. The van der Waals surface area contributed by atoms with E-state index in [2.05, 4.69) is 5.32 Å². The summed E-state index contributed by atoms with van der Waals surface area (Å²) in [6.45, 7) is 0. The lowest BCUT2D eigenvalue weighted by molar-refractivity contribution is -0.126. The fourth-order valence-electron chi connectivity index (χ4n) is 2.56. The number of carbonyl (C=O) groups excluding carboxylic acids is 2. The molecule has 1 atom stereocenters. The fraction of sp³-hybridized carbons (Fsp3) is 0.429. The van der Waals surface area contributed by atoms with Crippen molar-refractivity contribution in [3.63, 3.8) is 0 Å². The zero-order chi connectivity index (χ0) is 12.7. The number of hydrogen-bond donors (Lipinski definition) is 1. The molecule has 0 spiro atoms. The van der Waals surface area contributed by atoms with Gasteiger partial charge >= 0.3 is 0 Å². The summed E-state index contributed by atoms with van der Waals surface area (Å²) in [5.74, 6) is 0.150. The van der Waals surface area contributed by atoms with E-state index in [1.807, 2.05) is 24.3 Å². The molecule has 1 N–H and O–H groups in total. The number of nitrogens with one attached hydrogen (secondary N) is 1. The van der Waals surface area contributed by atoms with Gasteiger partial charge in [-0.3, -0.25) is 14.5 Å². The van der Waals surface area contributed by atoms with Crippen molar-refractivity contribution in [3.8, 4) is 0 Å². The second kappa shape index (κ2) is 4.12. The van der Waals surface area contributed by atoms with Crippen LogP contribution in [0.3, 0.4) is 0 Å². The Morgan fingerprint density at radius 1 is 1.28 bits per heavy atom. The first-order valence-corrected chi connectivity index (χ1v) is 6.35. The fourth-order valence-corrected chi connectivity index (χ4v) is 2.56. The predicted molar refractivity (Wildman–Crippen MR) is 68.2 cm³/mol. The van der Waals surface area contributed by atoms with Crippen molar-refractivity contribution < 1.29 is 9.59 Å². The SMILES string of the molecule is CNC(=O)[C@H]1Cc2ccccc2N1C(=O)C1CC1. The second-order valence-corrected chi connectivity index (χ2v) is 4.95. The number of para-hydroxylation sites is 1. The summed E-state index contributed by atoms with van der Waals surface area (Å²) in [5.41, 5.74) is 1.99. The smallest absolute Gasteiger partial charge is 0.243 e. The van der Waals surface area contributed by atoms with Crippen molar-refractivity contribution in [1.82, 2.24) is 5.32 Å². The highest BCUT2D eigenvalue weighted by molar-refractivity contribution is 6.05. The molecule has 0 radical (unpaired) electrons. The van der Waals surface area contributed by atoms with E-state index in [1.54, 1.807) is 11.9 Å². The third kappa shape index (κ3) is 1.68. The molecule has 1 aromatic rings. The maximum absolute atomic E-state index is 12.3. The number of fused-ring (bicyclic) bond motifs is 1.